The molecule has 1 amide bonds. The van der Waals surface area contributed by atoms with Crippen molar-refractivity contribution in [3.05, 3.63) is 0 Å². The monoisotopic (exact) mass is 294 g/mol. The number of thioether (sulfide) groups is 1. The third-order valence-corrected chi connectivity index (χ3v) is 4.35. The SMILES string of the molecule is CSCCC(=O)N1CCCC[C@@H]1CNS(C)(=O)=O. The fourth-order valence-corrected chi connectivity index (χ4v) is 3.00. The summed E-state index contributed by atoms with van der Waals surface area (Å²) in [5.41, 5.74) is 0. The summed E-state index contributed by atoms with van der Waals surface area (Å²) < 4.78 is 24.7. The lowest BCUT2D eigenvalue weighted by atomic mass is 10.0. The first-order chi connectivity index (χ1) is 8.44. The molecule has 0 aromatic carbocycles. The first-order valence-electron chi connectivity index (χ1n) is 6.17. The molecule has 0 radical (unpaired) electrons. The number of piperidine rings is 1. The van der Waals surface area contributed by atoms with Crippen LogP contribution in [0.2, 0.25) is 0 Å². The Balaban J connectivity index is 2.53. The van der Waals surface area contributed by atoms with Gasteiger partial charge in [-0.25, -0.2) is 13.1 Å². The maximum absolute atomic E-state index is 12.0. The fourth-order valence-electron chi connectivity index (χ4n) is 2.12. The van der Waals surface area contributed by atoms with Crippen molar-refractivity contribution in [3.63, 3.8) is 0 Å². The number of hydrogen-bond donors (Lipinski definition) is 1. The maximum Gasteiger partial charge on any atom is 0.223 e. The average Bonchev–Trinajstić information content (AvgIpc) is 2.33. The summed E-state index contributed by atoms with van der Waals surface area (Å²) in [5.74, 6) is 0.964. The van der Waals surface area contributed by atoms with Crippen LogP contribution in [-0.4, -0.2) is 56.6 Å². The Kier molecular flexibility index (Phi) is 6.45. The first kappa shape index (κ1) is 15.8. The number of carbonyl (C=O) groups is 1. The van der Waals surface area contributed by atoms with Crippen molar-refractivity contribution in [2.75, 3.05) is 31.4 Å². The van der Waals surface area contributed by atoms with Crippen molar-refractivity contribution in [1.29, 1.82) is 0 Å². The predicted molar refractivity (Wildman–Crippen MR) is 75.2 cm³/mol. The Bertz CT molecular complexity index is 370. The molecule has 1 heterocycles. The number of sulfonamides is 1. The van der Waals surface area contributed by atoms with E-state index >= 15 is 0 Å². The molecule has 1 aliphatic rings. The topological polar surface area (TPSA) is 66.5 Å². The van der Waals surface area contributed by atoms with E-state index in [1.165, 1.54) is 0 Å². The maximum atomic E-state index is 12.0. The van der Waals surface area contributed by atoms with Gasteiger partial charge in [-0.2, -0.15) is 11.8 Å². The molecule has 106 valence electrons. The molecule has 0 aromatic rings. The normalized spacial score (nSPS) is 21.0. The van der Waals surface area contributed by atoms with Crippen LogP contribution in [0.4, 0.5) is 0 Å². The molecule has 1 N–H and O–H groups in total. The summed E-state index contributed by atoms with van der Waals surface area (Å²) >= 11 is 1.65. The van der Waals surface area contributed by atoms with E-state index in [-0.39, 0.29) is 11.9 Å². The molecule has 1 rings (SSSR count). The summed E-state index contributed by atoms with van der Waals surface area (Å²) in [6, 6.07) is 0.0165. The minimum absolute atomic E-state index is 0.0165. The predicted octanol–water partition coefficient (Wildman–Crippen LogP) is 0.670. The van der Waals surface area contributed by atoms with E-state index in [0.29, 0.717) is 13.0 Å². The third-order valence-electron chi connectivity index (χ3n) is 3.05. The molecule has 18 heavy (non-hydrogen) atoms. The minimum atomic E-state index is -3.18. The van der Waals surface area contributed by atoms with E-state index in [2.05, 4.69) is 4.72 Å². The molecule has 0 spiro atoms. The van der Waals surface area contributed by atoms with Gasteiger partial charge in [-0.15, -0.1) is 0 Å². The lowest BCUT2D eigenvalue weighted by molar-refractivity contribution is -0.134. The standard InChI is InChI=1S/C11H22N2O3S2/c1-17-8-6-11(14)13-7-4-3-5-10(13)9-12-18(2,15)16/h10,12H,3-9H2,1-2H3/t10-/m1/s1. The van der Waals surface area contributed by atoms with Crippen molar-refractivity contribution < 1.29 is 13.2 Å². The van der Waals surface area contributed by atoms with Gasteiger partial charge in [0.15, 0.2) is 0 Å². The molecule has 5 nitrogen and oxygen atoms in total. The molecule has 0 saturated carbocycles. The van der Waals surface area contributed by atoms with E-state index < -0.39 is 10.0 Å². The van der Waals surface area contributed by atoms with Crippen LogP contribution in [0.5, 0.6) is 0 Å². The van der Waals surface area contributed by atoms with Gasteiger partial charge in [-0.05, 0) is 25.5 Å². The Morgan fingerprint density at radius 3 is 2.78 bits per heavy atom. The molecule has 0 aliphatic carbocycles. The Morgan fingerprint density at radius 1 is 1.44 bits per heavy atom. The van der Waals surface area contributed by atoms with Gasteiger partial charge in [0.2, 0.25) is 15.9 Å². The Hall–Kier alpha value is -0.270. The molecule has 1 saturated heterocycles. The van der Waals surface area contributed by atoms with Crippen molar-refractivity contribution in [1.82, 2.24) is 9.62 Å². The average molecular weight is 294 g/mol. The molecule has 1 fully saturated rings. The molecule has 0 aromatic heterocycles. The van der Waals surface area contributed by atoms with Crippen molar-refractivity contribution >= 4 is 27.7 Å². The number of nitrogens with zero attached hydrogens (tertiary/aromatic N) is 1. The molecule has 7 heteroatoms. The highest BCUT2D eigenvalue weighted by Gasteiger charge is 2.26. The first-order valence-corrected chi connectivity index (χ1v) is 9.45. The van der Waals surface area contributed by atoms with Crippen LogP contribution in [-0.2, 0) is 14.8 Å². The summed E-state index contributed by atoms with van der Waals surface area (Å²) in [6.45, 7) is 1.09. The number of carbonyl (C=O) groups excluding carboxylic acids is 1. The van der Waals surface area contributed by atoms with Gasteiger partial charge in [-0.1, -0.05) is 0 Å². The number of nitrogens with one attached hydrogen (secondary N) is 1. The van der Waals surface area contributed by atoms with E-state index in [9.17, 15) is 13.2 Å². The summed E-state index contributed by atoms with van der Waals surface area (Å²) in [5, 5.41) is 0. The zero-order valence-electron chi connectivity index (χ0n) is 11.0. The highest BCUT2D eigenvalue weighted by atomic mass is 32.2. The van der Waals surface area contributed by atoms with Crippen LogP contribution < -0.4 is 4.72 Å². The molecule has 0 unspecified atom stereocenters. The summed E-state index contributed by atoms with van der Waals surface area (Å²) in [6.07, 6.45) is 6.62. The van der Waals surface area contributed by atoms with Gasteiger partial charge >= 0.3 is 0 Å². The second-order valence-corrected chi connectivity index (χ2v) is 7.42. The van der Waals surface area contributed by atoms with E-state index in [1.54, 1.807) is 11.8 Å². The van der Waals surface area contributed by atoms with Gasteiger partial charge in [0.1, 0.15) is 0 Å². The van der Waals surface area contributed by atoms with Crippen LogP contribution >= 0.6 is 11.8 Å². The lowest BCUT2D eigenvalue weighted by Crippen LogP contribution is -2.49. The number of rotatable bonds is 6. The molecular formula is C11H22N2O3S2. The van der Waals surface area contributed by atoms with E-state index in [1.807, 2.05) is 11.2 Å². The smallest absolute Gasteiger partial charge is 0.223 e. The van der Waals surface area contributed by atoms with Gasteiger partial charge < -0.3 is 4.90 Å². The van der Waals surface area contributed by atoms with Crippen LogP contribution in [0, 0.1) is 0 Å². The molecular weight excluding hydrogens is 272 g/mol. The van der Waals surface area contributed by atoms with Crippen molar-refractivity contribution in [2.24, 2.45) is 0 Å². The van der Waals surface area contributed by atoms with Gasteiger partial charge in [0, 0.05) is 31.3 Å². The highest BCUT2D eigenvalue weighted by Crippen LogP contribution is 2.18. The Morgan fingerprint density at radius 2 is 2.17 bits per heavy atom. The summed E-state index contributed by atoms with van der Waals surface area (Å²) in [4.78, 5) is 13.9. The number of likely N-dealkylation sites (tertiary alicyclic amines) is 1. The Labute approximate surface area is 114 Å². The number of hydrogen-bond acceptors (Lipinski definition) is 4. The largest absolute Gasteiger partial charge is 0.338 e. The zero-order chi connectivity index (χ0) is 13.6. The van der Waals surface area contributed by atoms with Crippen LogP contribution in [0.3, 0.4) is 0 Å². The second kappa shape index (κ2) is 7.35. The molecule has 1 atom stereocenters. The highest BCUT2D eigenvalue weighted by molar-refractivity contribution is 7.98. The fraction of sp³-hybridized carbons (Fsp3) is 0.909. The van der Waals surface area contributed by atoms with Gasteiger partial charge in [-0.3, -0.25) is 4.79 Å². The van der Waals surface area contributed by atoms with Crippen molar-refractivity contribution in [3.8, 4) is 0 Å². The number of amides is 1. The van der Waals surface area contributed by atoms with Gasteiger partial charge in [0.25, 0.3) is 0 Å². The summed E-state index contributed by atoms with van der Waals surface area (Å²) in [7, 11) is -3.18. The van der Waals surface area contributed by atoms with Gasteiger partial charge in [0.05, 0.1) is 6.26 Å². The molecule has 0 bridgehead atoms. The zero-order valence-corrected chi connectivity index (χ0v) is 12.6. The second-order valence-electron chi connectivity index (χ2n) is 4.60. The minimum Gasteiger partial charge on any atom is -0.338 e. The van der Waals surface area contributed by atoms with E-state index in [4.69, 9.17) is 0 Å². The van der Waals surface area contributed by atoms with Crippen molar-refractivity contribution in [2.45, 2.75) is 31.7 Å². The van der Waals surface area contributed by atoms with Crippen LogP contribution in [0.1, 0.15) is 25.7 Å². The third kappa shape index (κ3) is 5.58. The molecule has 1 aliphatic heterocycles. The van der Waals surface area contributed by atoms with E-state index in [0.717, 1.165) is 37.8 Å². The quantitative estimate of drug-likeness (QED) is 0.782. The van der Waals surface area contributed by atoms with Crippen LogP contribution in [0.25, 0.3) is 0 Å². The van der Waals surface area contributed by atoms with Crippen LogP contribution in [0.15, 0.2) is 0 Å². The lowest BCUT2D eigenvalue weighted by Gasteiger charge is -2.35.